The normalized spacial score (nSPS) is 23.1. The van der Waals surface area contributed by atoms with E-state index in [2.05, 4.69) is 26.6 Å². The summed E-state index contributed by atoms with van der Waals surface area (Å²) < 4.78 is 5.18. The molecule has 108 valence electrons. The van der Waals surface area contributed by atoms with E-state index in [0.717, 1.165) is 6.54 Å². The SMILES string of the molecule is CC(OC(=O)C1CC(Br)CN1)C(=O)Nc1ccccc1. The fourth-order valence-corrected chi connectivity index (χ4v) is 2.51. The zero-order valence-electron chi connectivity index (χ0n) is 11.1. The van der Waals surface area contributed by atoms with Crippen molar-refractivity contribution in [2.75, 3.05) is 11.9 Å². The maximum Gasteiger partial charge on any atom is 0.323 e. The number of carbonyl (C=O) groups excluding carboxylic acids is 2. The smallest absolute Gasteiger partial charge is 0.323 e. The summed E-state index contributed by atoms with van der Waals surface area (Å²) in [6, 6.07) is 8.73. The molecular weight excluding hydrogens is 324 g/mol. The Hall–Kier alpha value is -1.40. The first-order valence-electron chi connectivity index (χ1n) is 6.50. The van der Waals surface area contributed by atoms with Crippen LogP contribution in [0.25, 0.3) is 0 Å². The van der Waals surface area contributed by atoms with Crippen LogP contribution in [0.2, 0.25) is 0 Å². The van der Waals surface area contributed by atoms with Gasteiger partial charge in [-0.15, -0.1) is 0 Å². The second-order valence-corrected chi connectivity index (χ2v) is 6.02. The van der Waals surface area contributed by atoms with Crippen LogP contribution in [0.5, 0.6) is 0 Å². The molecule has 20 heavy (non-hydrogen) atoms. The zero-order valence-corrected chi connectivity index (χ0v) is 12.7. The lowest BCUT2D eigenvalue weighted by molar-refractivity contribution is -0.154. The fourth-order valence-electron chi connectivity index (χ4n) is 1.95. The average molecular weight is 341 g/mol. The molecule has 0 spiro atoms. The van der Waals surface area contributed by atoms with Crippen LogP contribution < -0.4 is 10.6 Å². The number of nitrogens with one attached hydrogen (secondary N) is 2. The number of para-hydroxylation sites is 1. The van der Waals surface area contributed by atoms with E-state index in [0.29, 0.717) is 12.1 Å². The van der Waals surface area contributed by atoms with Gasteiger partial charge in [0, 0.05) is 17.1 Å². The van der Waals surface area contributed by atoms with Crippen molar-refractivity contribution < 1.29 is 14.3 Å². The Labute approximate surface area is 126 Å². The number of alkyl halides is 1. The molecule has 5 nitrogen and oxygen atoms in total. The van der Waals surface area contributed by atoms with E-state index < -0.39 is 6.10 Å². The lowest BCUT2D eigenvalue weighted by Crippen LogP contribution is -2.38. The van der Waals surface area contributed by atoms with Gasteiger partial charge in [-0.3, -0.25) is 9.59 Å². The van der Waals surface area contributed by atoms with Crippen molar-refractivity contribution in [1.82, 2.24) is 5.32 Å². The third-order valence-corrected chi connectivity index (χ3v) is 3.76. The summed E-state index contributed by atoms with van der Waals surface area (Å²) in [6.07, 6.45) is -0.148. The first-order valence-corrected chi connectivity index (χ1v) is 7.41. The van der Waals surface area contributed by atoms with Gasteiger partial charge in [-0.1, -0.05) is 34.1 Å². The molecule has 2 N–H and O–H groups in total. The van der Waals surface area contributed by atoms with Crippen LogP contribution in [0.4, 0.5) is 5.69 Å². The molecule has 1 fully saturated rings. The lowest BCUT2D eigenvalue weighted by Gasteiger charge is -2.16. The number of hydrogen-bond acceptors (Lipinski definition) is 4. The molecule has 3 atom stereocenters. The van der Waals surface area contributed by atoms with Gasteiger partial charge in [0.1, 0.15) is 6.04 Å². The summed E-state index contributed by atoms with van der Waals surface area (Å²) in [5.41, 5.74) is 0.680. The predicted molar refractivity (Wildman–Crippen MR) is 79.7 cm³/mol. The summed E-state index contributed by atoms with van der Waals surface area (Å²) in [6.45, 7) is 2.29. The van der Waals surface area contributed by atoms with Crippen LogP contribution >= 0.6 is 15.9 Å². The van der Waals surface area contributed by atoms with Crippen molar-refractivity contribution >= 4 is 33.5 Å². The minimum atomic E-state index is -0.820. The monoisotopic (exact) mass is 340 g/mol. The van der Waals surface area contributed by atoms with E-state index >= 15 is 0 Å². The molecule has 0 bridgehead atoms. The molecule has 1 amide bonds. The van der Waals surface area contributed by atoms with Crippen molar-refractivity contribution in [2.24, 2.45) is 0 Å². The summed E-state index contributed by atoms with van der Waals surface area (Å²) in [5.74, 6) is -0.722. The number of ether oxygens (including phenoxy) is 1. The van der Waals surface area contributed by atoms with Crippen LogP contribution in [0.15, 0.2) is 30.3 Å². The van der Waals surface area contributed by atoms with Gasteiger partial charge in [-0.2, -0.15) is 0 Å². The molecular formula is C14H17BrN2O3. The van der Waals surface area contributed by atoms with Crippen LogP contribution in [-0.2, 0) is 14.3 Å². The maximum atomic E-state index is 11.9. The topological polar surface area (TPSA) is 67.4 Å². The second kappa shape index (κ2) is 6.85. The molecule has 2 rings (SSSR count). The van der Waals surface area contributed by atoms with Crippen LogP contribution in [-0.4, -0.2) is 35.4 Å². The molecule has 0 saturated carbocycles. The van der Waals surface area contributed by atoms with Gasteiger partial charge in [0.05, 0.1) is 0 Å². The van der Waals surface area contributed by atoms with Gasteiger partial charge in [0.15, 0.2) is 6.10 Å². The Kier molecular flexibility index (Phi) is 5.14. The molecule has 0 aromatic heterocycles. The standard InChI is InChI=1S/C14H17BrN2O3/c1-9(13(18)17-11-5-3-2-4-6-11)20-14(19)12-7-10(15)8-16-12/h2-6,9-10,12,16H,7-8H2,1H3,(H,17,18). The third kappa shape index (κ3) is 4.05. The van der Waals surface area contributed by atoms with Crippen molar-refractivity contribution in [1.29, 1.82) is 0 Å². The lowest BCUT2D eigenvalue weighted by atomic mass is 10.2. The molecule has 1 aliphatic heterocycles. The maximum absolute atomic E-state index is 11.9. The first kappa shape index (κ1) is 15.0. The summed E-state index contributed by atoms with van der Waals surface area (Å²) >= 11 is 3.44. The highest BCUT2D eigenvalue weighted by Crippen LogP contribution is 2.16. The Morgan fingerprint density at radius 3 is 2.70 bits per heavy atom. The number of benzene rings is 1. The Balaban J connectivity index is 1.83. The van der Waals surface area contributed by atoms with E-state index in [1.165, 1.54) is 0 Å². The largest absolute Gasteiger partial charge is 0.451 e. The highest BCUT2D eigenvalue weighted by atomic mass is 79.9. The van der Waals surface area contributed by atoms with Crippen molar-refractivity contribution in [3.05, 3.63) is 30.3 Å². The van der Waals surface area contributed by atoms with Gasteiger partial charge in [0.25, 0.3) is 5.91 Å². The zero-order chi connectivity index (χ0) is 14.5. The predicted octanol–water partition coefficient (Wildman–Crippen LogP) is 1.68. The van der Waals surface area contributed by atoms with E-state index in [1.54, 1.807) is 19.1 Å². The van der Waals surface area contributed by atoms with Crippen molar-refractivity contribution in [3.8, 4) is 0 Å². The fraction of sp³-hybridized carbons (Fsp3) is 0.429. The van der Waals surface area contributed by atoms with Crippen LogP contribution in [0, 0.1) is 0 Å². The summed E-state index contributed by atoms with van der Waals surface area (Å²) in [5, 5.41) is 5.75. The molecule has 1 aromatic carbocycles. The number of anilines is 1. The number of carbonyl (C=O) groups is 2. The molecule has 0 aliphatic carbocycles. The van der Waals surface area contributed by atoms with Gasteiger partial charge in [-0.25, -0.2) is 0 Å². The van der Waals surface area contributed by atoms with Crippen LogP contribution in [0.1, 0.15) is 13.3 Å². The highest BCUT2D eigenvalue weighted by Gasteiger charge is 2.31. The van der Waals surface area contributed by atoms with Crippen molar-refractivity contribution in [2.45, 2.75) is 30.3 Å². The van der Waals surface area contributed by atoms with Crippen LogP contribution in [0.3, 0.4) is 0 Å². The molecule has 6 heteroatoms. The minimum Gasteiger partial charge on any atom is -0.451 e. The van der Waals surface area contributed by atoms with Gasteiger partial charge >= 0.3 is 5.97 Å². The molecule has 1 heterocycles. The van der Waals surface area contributed by atoms with Crippen molar-refractivity contribution in [3.63, 3.8) is 0 Å². The summed E-state index contributed by atoms with van der Waals surface area (Å²) in [7, 11) is 0. The number of amides is 1. The number of halogens is 1. The second-order valence-electron chi connectivity index (χ2n) is 4.73. The quantitative estimate of drug-likeness (QED) is 0.646. The first-order chi connectivity index (χ1) is 9.56. The van der Waals surface area contributed by atoms with Gasteiger partial charge in [-0.05, 0) is 25.5 Å². The average Bonchev–Trinajstić information content (AvgIpc) is 2.86. The molecule has 1 saturated heterocycles. The minimum absolute atomic E-state index is 0.272. The Morgan fingerprint density at radius 1 is 1.40 bits per heavy atom. The van der Waals surface area contributed by atoms with E-state index in [9.17, 15) is 9.59 Å². The number of rotatable bonds is 4. The number of esters is 1. The Bertz CT molecular complexity index is 481. The van der Waals surface area contributed by atoms with E-state index in [4.69, 9.17) is 4.74 Å². The third-order valence-electron chi connectivity index (χ3n) is 3.07. The van der Waals surface area contributed by atoms with Gasteiger partial charge in [0.2, 0.25) is 0 Å². The highest BCUT2D eigenvalue weighted by molar-refractivity contribution is 9.09. The molecule has 0 radical (unpaired) electrons. The molecule has 1 aliphatic rings. The molecule has 3 unspecified atom stereocenters. The number of hydrogen-bond donors (Lipinski definition) is 2. The molecule has 1 aromatic rings. The van der Waals surface area contributed by atoms with Gasteiger partial charge < -0.3 is 15.4 Å². The van der Waals surface area contributed by atoms with E-state index in [-0.39, 0.29) is 22.7 Å². The Morgan fingerprint density at radius 2 is 2.10 bits per heavy atom. The summed E-state index contributed by atoms with van der Waals surface area (Å²) in [4.78, 5) is 24.1. The van der Waals surface area contributed by atoms with E-state index in [1.807, 2.05) is 18.2 Å².